The van der Waals surface area contributed by atoms with Gasteiger partial charge in [-0.3, -0.25) is 14.3 Å². The van der Waals surface area contributed by atoms with Crippen LogP contribution in [0.15, 0.2) is 36.4 Å². The first kappa shape index (κ1) is 21.2. The van der Waals surface area contributed by atoms with Crippen molar-refractivity contribution in [1.29, 1.82) is 0 Å². The van der Waals surface area contributed by atoms with Crippen LogP contribution in [0, 0.1) is 6.92 Å². The summed E-state index contributed by atoms with van der Waals surface area (Å²) in [5.41, 5.74) is 3.76. The monoisotopic (exact) mass is 386 g/mol. The van der Waals surface area contributed by atoms with E-state index in [1.165, 1.54) is 4.68 Å². The van der Waals surface area contributed by atoms with Crippen LogP contribution in [-0.2, 0) is 20.7 Å². The Hall–Kier alpha value is -3.09. The number of amides is 1. The lowest BCUT2D eigenvalue weighted by Crippen LogP contribution is -2.33. The van der Waals surface area contributed by atoms with Crippen molar-refractivity contribution in [2.45, 2.75) is 46.6 Å². The van der Waals surface area contributed by atoms with Gasteiger partial charge in [-0.25, -0.2) is 10.2 Å². The van der Waals surface area contributed by atoms with Crippen molar-refractivity contribution in [3.63, 3.8) is 0 Å². The molecular weight excluding hydrogens is 360 g/mol. The smallest absolute Gasteiger partial charge is 0.426 e. The Kier molecular flexibility index (Phi) is 6.62. The molecule has 0 aliphatic carbocycles. The van der Waals surface area contributed by atoms with Crippen molar-refractivity contribution in [3.05, 3.63) is 58.9 Å². The van der Waals surface area contributed by atoms with E-state index in [0.29, 0.717) is 22.5 Å². The van der Waals surface area contributed by atoms with Crippen LogP contribution >= 0.6 is 0 Å². The van der Waals surface area contributed by atoms with Crippen molar-refractivity contribution in [2.24, 2.45) is 0 Å². The lowest BCUT2D eigenvalue weighted by Gasteiger charge is -2.21. The van der Waals surface area contributed by atoms with Crippen LogP contribution in [0.25, 0.3) is 0 Å². The van der Waals surface area contributed by atoms with E-state index in [4.69, 9.17) is 9.47 Å². The van der Waals surface area contributed by atoms with E-state index < -0.39 is 17.7 Å². The van der Waals surface area contributed by atoms with E-state index in [2.05, 4.69) is 5.43 Å². The van der Waals surface area contributed by atoms with Gasteiger partial charge in [0.25, 0.3) is 0 Å². The van der Waals surface area contributed by atoms with Crippen molar-refractivity contribution in [3.8, 4) is 0 Å². The second-order valence-electron chi connectivity index (χ2n) is 7.26. The van der Waals surface area contributed by atoms with Crippen molar-refractivity contribution in [1.82, 2.24) is 4.68 Å². The van der Waals surface area contributed by atoms with E-state index in [0.717, 1.165) is 0 Å². The van der Waals surface area contributed by atoms with Gasteiger partial charge in [0.15, 0.2) is 5.78 Å². The molecule has 0 aliphatic heterocycles. The standard InChI is InChI=1S/C21H26N2O5/c1-6-27-18(24)13-16-12-17(19(25)15-10-8-7-9-11-15)14(2)23(16)22-20(26)28-21(3,4)5/h7-12H,6,13H2,1-5H3,(H,22,26). The van der Waals surface area contributed by atoms with Gasteiger partial charge in [0.05, 0.1) is 18.7 Å². The van der Waals surface area contributed by atoms with Crippen LogP contribution in [0.5, 0.6) is 0 Å². The third kappa shape index (κ3) is 5.45. The summed E-state index contributed by atoms with van der Waals surface area (Å²) < 4.78 is 11.7. The maximum absolute atomic E-state index is 12.9. The molecule has 0 aliphatic rings. The molecule has 0 saturated carbocycles. The predicted octanol–water partition coefficient (Wildman–Crippen LogP) is 3.61. The van der Waals surface area contributed by atoms with Crippen molar-refractivity contribution < 1.29 is 23.9 Å². The molecule has 0 saturated heterocycles. The van der Waals surface area contributed by atoms with Gasteiger partial charge in [0.2, 0.25) is 0 Å². The van der Waals surface area contributed by atoms with E-state index in [-0.39, 0.29) is 18.8 Å². The van der Waals surface area contributed by atoms with Gasteiger partial charge in [-0.1, -0.05) is 30.3 Å². The largest absolute Gasteiger partial charge is 0.466 e. The number of ketones is 1. The number of ether oxygens (including phenoxy) is 2. The summed E-state index contributed by atoms with van der Waals surface area (Å²) in [6.07, 6.45) is -0.776. The van der Waals surface area contributed by atoms with Gasteiger partial charge in [-0.15, -0.1) is 0 Å². The average Bonchev–Trinajstić information content (AvgIpc) is 2.90. The Morgan fingerprint density at radius 3 is 2.32 bits per heavy atom. The maximum atomic E-state index is 12.9. The highest BCUT2D eigenvalue weighted by Gasteiger charge is 2.23. The number of hydrogen-bond acceptors (Lipinski definition) is 5. The van der Waals surface area contributed by atoms with Gasteiger partial charge >= 0.3 is 12.1 Å². The van der Waals surface area contributed by atoms with E-state index in [9.17, 15) is 14.4 Å². The minimum atomic E-state index is -0.685. The number of rotatable bonds is 6. The number of hydrogen-bond donors (Lipinski definition) is 1. The fraction of sp³-hybridized carbons (Fsp3) is 0.381. The molecule has 1 aromatic carbocycles. The number of carbonyl (C=O) groups excluding carboxylic acids is 3. The number of nitrogens with zero attached hydrogens (tertiary/aromatic N) is 1. The van der Waals surface area contributed by atoms with Crippen molar-refractivity contribution >= 4 is 17.8 Å². The Balaban J connectivity index is 2.40. The fourth-order valence-electron chi connectivity index (χ4n) is 2.68. The Morgan fingerprint density at radius 2 is 1.75 bits per heavy atom. The highest BCUT2D eigenvalue weighted by Crippen LogP contribution is 2.20. The zero-order valence-corrected chi connectivity index (χ0v) is 16.9. The number of esters is 1. The number of nitrogens with one attached hydrogen (secondary N) is 1. The molecule has 0 bridgehead atoms. The SMILES string of the molecule is CCOC(=O)Cc1cc(C(=O)c2ccccc2)c(C)n1NC(=O)OC(C)(C)C. The van der Waals surface area contributed by atoms with Crippen LogP contribution in [0.3, 0.4) is 0 Å². The summed E-state index contributed by atoms with van der Waals surface area (Å²) in [7, 11) is 0. The van der Waals surface area contributed by atoms with Crippen molar-refractivity contribution in [2.75, 3.05) is 12.0 Å². The summed E-state index contributed by atoms with van der Waals surface area (Å²) >= 11 is 0. The third-order valence-electron chi connectivity index (χ3n) is 3.84. The number of carbonyl (C=O) groups is 3. The number of aromatic nitrogens is 1. The first-order valence-corrected chi connectivity index (χ1v) is 9.09. The molecule has 0 atom stereocenters. The normalized spacial score (nSPS) is 11.0. The zero-order chi connectivity index (χ0) is 20.9. The second kappa shape index (κ2) is 8.73. The van der Waals surface area contributed by atoms with E-state index in [1.807, 2.05) is 6.07 Å². The van der Waals surface area contributed by atoms with E-state index in [1.54, 1.807) is 65.0 Å². The van der Waals surface area contributed by atoms with Crippen LogP contribution in [0.2, 0.25) is 0 Å². The Labute approximate surface area is 164 Å². The number of benzene rings is 1. The Bertz CT molecular complexity index is 863. The summed E-state index contributed by atoms with van der Waals surface area (Å²) in [6, 6.07) is 10.4. The van der Waals surface area contributed by atoms with Gasteiger partial charge < -0.3 is 9.47 Å². The molecule has 2 aromatic rings. The van der Waals surface area contributed by atoms with Gasteiger partial charge in [0, 0.05) is 16.8 Å². The molecule has 1 N–H and O–H groups in total. The first-order chi connectivity index (χ1) is 13.1. The molecule has 0 radical (unpaired) electrons. The maximum Gasteiger partial charge on any atom is 0.426 e. The molecule has 1 amide bonds. The van der Waals surface area contributed by atoms with Crippen LogP contribution in [0.4, 0.5) is 4.79 Å². The first-order valence-electron chi connectivity index (χ1n) is 9.09. The van der Waals surface area contributed by atoms with Gasteiger partial charge in [-0.05, 0) is 40.7 Å². The molecule has 0 unspecified atom stereocenters. The average molecular weight is 386 g/mol. The second-order valence-corrected chi connectivity index (χ2v) is 7.26. The summed E-state index contributed by atoms with van der Waals surface area (Å²) in [5.74, 6) is -0.654. The molecule has 28 heavy (non-hydrogen) atoms. The molecule has 7 nitrogen and oxygen atoms in total. The minimum absolute atomic E-state index is 0.0907. The van der Waals surface area contributed by atoms with Gasteiger partial charge in [0.1, 0.15) is 5.60 Å². The van der Waals surface area contributed by atoms with E-state index >= 15 is 0 Å². The topological polar surface area (TPSA) is 86.6 Å². The molecule has 150 valence electrons. The highest BCUT2D eigenvalue weighted by molar-refractivity contribution is 6.10. The molecule has 0 fully saturated rings. The van der Waals surface area contributed by atoms with Crippen LogP contribution < -0.4 is 5.43 Å². The molecule has 1 aromatic heterocycles. The molecule has 2 rings (SSSR count). The summed E-state index contributed by atoms with van der Waals surface area (Å²) in [4.78, 5) is 37.1. The van der Waals surface area contributed by atoms with Gasteiger partial charge in [-0.2, -0.15) is 0 Å². The molecule has 0 spiro atoms. The molecule has 1 heterocycles. The summed E-state index contributed by atoms with van der Waals surface area (Å²) in [5, 5.41) is 0. The predicted molar refractivity (Wildman–Crippen MR) is 105 cm³/mol. The quantitative estimate of drug-likeness (QED) is 0.605. The lowest BCUT2D eigenvalue weighted by molar-refractivity contribution is -0.142. The highest BCUT2D eigenvalue weighted by atomic mass is 16.6. The summed E-state index contributed by atoms with van der Waals surface area (Å²) in [6.45, 7) is 8.90. The Morgan fingerprint density at radius 1 is 1.11 bits per heavy atom. The fourth-order valence-corrected chi connectivity index (χ4v) is 2.68. The zero-order valence-electron chi connectivity index (χ0n) is 16.9. The van der Waals surface area contributed by atoms with Crippen LogP contribution in [0.1, 0.15) is 55.0 Å². The lowest BCUT2D eigenvalue weighted by atomic mass is 10.0. The molecular formula is C21H26N2O5. The minimum Gasteiger partial charge on any atom is -0.466 e. The third-order valence-corrected chi connectivity index (χ3v) is 3.84. The van der Waals surface area contributed by atoms with Crippen LogP contribution in [-0.4, -0.2) is 34.7 Å². The molecule has 7 heteroatoms.